The lowest BCUT2D eigenvalue weighted by Gasteiger charge is -2.67. The molecule has 0 aliphatic heterocycles. The highest BCUT2D eigenvalue weighted by atomic mass is 14.7. The van der Waals surface area contributed by atoms with Gasteiger partial charge in [-0.15, -0.1) is 6.58 Å². The lowest BCUT2D eigenvalue weighted by Crippen LogP contribution is -2.59. The summed E-state index contributed by atoms with van der Waals surface area (Å²) in [5.41, 5.74) is 6.18. The van der Waals surface area contributed by atoms with Crippen LogP contribution in [0.2, 0.25) is 0 Å². The molecular weight excluding hydrogens is 504 g/mol. The minimum atomic E-state index is 0.530. The monoisotopic (exact) mass is 577 g/mol. The zero-order valence-electron chi connectivity index (χ0n) is 30.1. The molecule has 0 N–H and O–H groups in total. The Morgan fingerprint density at radius 2 is 1.52 bits per heavy atom. The van der Waals surface area contributed by atoms with Gasteiger partial charge in [0.1, 0.15) is 0 Å². The van der Waals surface area contributed by atoms with Crippen molar-refractivity contribution in [1.82, 2.24) is 0 Å². The van der Waals surface area contributed by atoms with Crippen LogP contribution in [0.15, 0.2) is 36.0 Å². The van der Waals surface area contributed by atoms with E-state index in [0.29, 0.717) is 28.1 Å². The average Bonchev–Trinajstić information content (AvgIpc) is 3.28. The van der Waals surface area contributed by atoms with E-state index < -0.39 is 0 Å². The summed E-state index contributed by atoms with van der Waals surface area (Å²) in [4.78, 5) is 0. The van der Waals surface area contributed by atoms with Crippen LogP contribution in [0.4, 0.5) is 0 Å². The van der Waals surface area contributed by atoms with Gasteiger partial charge in [-0.05, 0) is 160 Å². The van der Waals surface area contributed by atoms with Crippen molar-refractivity contribution >= 4 is 0 Å². The summed E-state index contributed by atoms with van der Waals surface area (Å²) >= 11 is 0. The van der Waals surface area contributed by atoms with Crippen molar-refractivity contribution in [1.29, 1.82) is 0 Å². The Hall–Kier alpha value is -0.780. The van der Waals surface area contributed by atoms with E-state index >= 15 is 0 Å². The summed E-state index contributed by atoms with van der Waals surface area (Å²) in [5.74, 6) is 7.67. The normalized spacial score (nSPS) is 40.8. The Bertz CT molecular complexity index is 980. The molecule has 240 valence electrons. The van der Waals surface area contributed by atoms with Gasteiger partial charge in [0.25, 0.3) is 0 Å². The summed E-state index contributed by atoms with van der Waals surface area (Å²) < 4.78 is 0. The highest BCUT2D eigenvalue weighted by molar-refractivity contribution is 5.33. The van der Waals surface area contributed by atoms with Crippen LogP contribution in [0, 0.1) is 69.5 Å². The maximum absolute atomic E-state index is 4.49. The van der Waals surface area contributed by atoms with Gasteiger partial charge in [0, 0.05) is 0 Å². The van der Waals surface area contributed by atoms with Gasteiger partial charge in [0.05, 0.1) is 0 Å². The van der Waals surface area contributed by atoms with Gasteiger partial charge in [0.15, 0.2) is 0 Å². The third kappa shape index (κ3) is 6.19. The van der Waals surface area contributed by atoms with Gasteiger partial charge in [-0.1, -0.05) is 98.5 Å². The fourth-order valence-corrected chi connectivity index (χ4v) is 12.1. The van der Waals surface area contributed by atoms with Crippen LogP contribution in [0.25, 0.3) is 0 Å². The molecule has 4 rings (SSSR count). The summed E-state index contributed by atoms with van der Waals surface area (Å²) in [6.07, 6.45) is 22.1. The third-order valence-corrected chi connectivity index (χ3v) is 15.4. The minimum absolute atomic E-state index is 0.530. The standard InChI is InChI=1S/C42H72/c1-13-15-30(6)32(8)33(9)36(29(4)5)27-34-22-23-41(11)35(26-34)18-19-39-38-21-20-37(31(7)17-14-16-28(2)3)40(38,10)24-25-42(39,41)12/h13,28,30-32,34-35,37-39H,1,4,14-27H2,2-3,5-12H3/b36-33-. The van der Waals surface area contributed by atoms with Gasteiger partial charge in [0.2, 0.25) is 0 Å². The Morgan fingerprint density at radius 1 is 0.833 bits per heavy atom. The lowest BCUT2D eigenvalue weighted by molar-refractivity contribution is -0.181. The van der Waals surface area contributed by atoms with Crippen LogP contribution in [-0.2, 0) is 0 Å². The van der Waals surface area contributed by atoms with Crippen LogP contribution in [0.5, 0.6) is 0 Å². The van der Waals surface area contributed by atoms with E-state index in [9.17, 15) is 0 Å². The molecule has 0 nitrogen and oxygen atoms in total. The highest BCUT2D eigenvalue weighted by Gasteiger charge is 2.65. The smallest absolute Gasteiger partial charge is 0.0200 e. The van der Waals surface area contributed by atoms with Gasteiger partial charge in [-0.25, -0.2) is 0 Å². The molecule has 0 aromatic heterocycles. The summed E-state index contributed by atoms with van der Waals surface area (Å²) in [6, 6.07) is 0. The minimum Gasteiger partial charge on any atom is -0.103 e. The molecule has 0 bridgehead atoms. The first-order valence-electron chi connectivity index (χ1n) is 18.7. The molecule has 4 saturated carbocycles. The molecule has 11 unspecified atom stereocenters. The first-order valence-corrected chi connectivity index (χ1v) is 18.7. The van der Waals surface area contributed by atoms with Gasteiger partial charge in [-0.3, -0.25) is 0 Å². The summed E-state index contributed by atoms with van der Waals surface area (Å²) in [7, 11) is 0. The topological polar surface area (TPSA) is 0 Å². The fraction of sp³-hybridized carbons (Fsp3) is 0.857. The summed E-state index contributed by atoms with van der Waals surface area (Å²) in [6.45, 7) is 33.8. The second kappa shape index (κ2) is 13.3. The Balaban J connectivity index is 1.46. The average molecular weight is 577 g/mol. The molecule has 0 heterocycles. The zero-order chi connectivity index (χ0) is 31.0. The number of hydrogen-bond donors (Lipinski definition) is 0. The fourth-order valence-electron chi connectivity index (χ4n) is 12.1. The van der Waals surface area contributed by atoms with E-state index in [1.54, 1.807) is 11.1 Å². The van der Waals surface area contributed by atoms with Crippen LogP contribution in [-0.4, -0.2) is 0 Å². The quantitative estimate of drug-likeness (QED) is 0.160. The van der Waals surface area contributed by atoms with Crippen molar-refractivity contribution in [2.45, 2.75) is 159 Å². The molecule has 4 aliphatic rings. The Labute approximate surface area is 264 Å². The maximum atomic E-state index is 4.49. The van der Waals surface area contributed by atoms with Crippen molar-refractivity contribution in [3.8, 4) is 0 Å². The maximum Gasteiger partial charge on any atom is -0.0200 e. The van der Waals surface area contributed by atoms with Gasteiger partial charge in [-0.2, -0.15) is 0 Å². The molecule has 0 radical (unpaired) electrons. The zero-order valence-corrected chi connectivity index (χ0v) is 30.1. The highest BCUT2D eigenvalue weighted by Crippen LogP contribution is 2.73. The second-order valence-corrected chi connectivity index (χ2v) is 17.9. The van der Waals surface area contributed by atoms with E-state index in [4.69, 9.17) is 0 Å². The van der Waals surface area contributed by atoms with Crippen LogP contribution >= 0.6 is 0 Å². The second-order valence-electron chi connectivity index (χ2n) is 17.9. The molecule has 0 saturated heterocycles. The third-order valence-electron chi connectivity index (χ3n) is 15.4. The lowest BCUT2D eigenvalue weighted by atomic mass is 9.38. The molecule has 4 fully saturated rings. The molecule has 0 spiro atoms. The number of rotatable bonds is 12. The predicted molar refractivity (Wildman–Crippen MR) is 186 cm³/mol. The molecule has 0 aromatic rings. The number of hydrogen-bond acceptors (Lipinski definition) is 0. The molecule has 0 aromatic carbocycles. The SMILES string of the molecule is C=CCC(C)C(C)/C(C)=C(/CC1CCC2(C)C(CCC3C4CCC(C(C)CCCC(C)C)C4(C)CCC32C)C1)C(=C)C. The molecule has 42 heavy (non-hydrogen) atoms. The van der Waals surface area contributed by atoms with Crippen LogP contribution < -0.4 is 0 Å². The van der Waals surface area contributed by atoms with E-state index in [1.165, 1.54) is 89.0 Å². The van der Waals surface area contributed by atoms with E-state index in [0.717, 1.165) is 47.8 Å². The van der Waals surface area contributed by atoms with E-state index in [2.05, 4.69) is 88.5 Å². The largest absolute Gasteiger partial charge is 0.103 e. The number of fused-ring (bicyclic) bond motifs is 5. The number of allylic oxidation sites excluding steroid dienone is 4. The van der Waals surface area contributed by atoms with Crippen molar-refractivity contribution in [2.75, 3.05) is 0 Å². The first kappa shape index (κ1) is 34.1. The molecule has 0 amide bonds. The molecule has 0 heteroatoms. The van der Waals surface area contributed by atoms with Crippen LogP contribution in [0.1, 0.15) is 159 Å². The summed E-state index contributed by atoms with van der Waals surface area (Å²) in [5, 5.41) is 0. The van der Waals surface area contributed by atoms with Crippen molar-refractivity contribution in [3.05, 3.63) is 36.0 Å². The Kier molecular flexibility index (Phi) is 10.8. The van der Waals surface area contributed by atoms with Gasteiger partial charge < -0.3 is 0 Å². The van der Waals surface area contributed by atoms with E-state index in [1.807, 2.05) is 0 Å². The van der Waals surface area contributed by atoms with Crippen molar-refractivity contribution < 1.29 is 0 Å². The molecule has 11 atom stereocenters. The molecular formula is C42H72. The van der Waals surface area contributed by atoms with Gasteiger partial charge >= 0.3 is 0 Å². The van der Waals surface area contributed by atoms with Crippen molar-refractivity contribution in [3.63, 3.8) is 0 Å². The molecule has 4 aliphatic carbocycles. The predicted octanol–water partition coefficient (Wildman–Crippen LogP) is 13.2. The Morgan fingerprint density at radius 3 is 2.17 bits per heavy atom. The van der Waals surface area contributed by atoms with Crippen LogP contribution in [0.3, 0.4) is 0 Å². The van der Waals surface area contributed by atoms with Crippen molar-refractivity contribution in [2.24, 2.45) is 69.5 Å². The first-order chi connectivity index (χ1) is 19.7. The van der Waals surface area contributed by atoms with E-state index in [-0.39, 0.29) is 0 Å².